The van der Waals surface area contributed by atoms with Gasteiger partial charge in [-0.1, -0.05) is 26.8 Å². The molecule has 1 aliphatic carbocycles. The van der Waals surface area contributed by atoms with Crippen LogP contribution in [0.2, 0.25) is 0 Å². The Bertz CT molecular complexity index is 588. The summed E-state index contributed by atoms with van der Waals surface area (Å²) in [6, 6.07) is 6.32. The number of oxazole rings is 1. The monoisotopic (exact) mass is 244 g/mol. The zero-order chi connectivity index (χ0) is 13.0. The number of benzene rings is 1. The van der Waals surface area contributed by atoms with Crippen LogP contribution in [0.1, 0.15) is 45.1 Å². The molecule has 1 heterocycles. The lowest BCUT2D eigenvalue weighted by Gasteiger charge is -2.11. The summed E-state index contributed by atoms with van der Waals surface area (Å²) in [7, 11) is 0. The zero-order valence-electron chi connectivity index (χ0n) is 11.3. The smallest absolute Gasteiger partial charge is 0.200 e. The van der Waals surface area contributed by atoms with E-state index in [1.807, 2.05) is 6.07 Å². The van der Waals surface area contributed by atoms with Gasteiger partial charge < -0.3 is 10.2 Å². The second-order valence-electron chi connectivity index (χ2n) is 6.44. The standard InChI is InChI=1S/C15H20N2O/c1-14(2,3)13-17-11-8-10(4-5-12(11)18-13)15(9-16)6-7-15/h4-5,8H,6-7,9,16H2,1-3H3. The van der Waals surface area contributed by atoms with Gasteiger partial charge in [-0.2, -0.15) is 0 Å². The van der Waals surface area contributed by atoms with E-state index >= 15 is 0 Å². The second kappa shape index (κ2) is 3.58. The van der Waals surface area contributed by atoms with Crippen molar-refractivity contribution in [2.45, 2.75) is 44.4 Å². The summed E-state index contributed by atoms with van der Waals surface area (Å²) in [5, 5.41) is 0. The molecular weight excluding hydrogens is 224 g/mol. The third kappa shape index (κ3) is 1.74. The van der Waals surface area contributed by atoms with Gasteiger partial charge in [0.15, 0.2) is 5.58 Å². The van der Waals surface area contributed by atoms with Gasteiger partial charge in [0.1, 0.15) is 5.52 Å². The molecule has 96 valence electrons. The topological polar surface area (TPSA) is 52.0 Å². The number of nitrogens with zero attached hydrogens (tertiary/aromatic N) is 1. The van der Waals surface area contributed by atoms with Crippen LogP contribution < -0.4 is 5.73 Å². The molecule has 0 bridgehead atoms. The summed E-state index contributed by atoms with van der Waals surface area (Å²) in [4.78, 5) is 4.61. The van der Waals surface area contributed by atoms with Crippen molar-refractivity contribution in [2.75, 3.05) is 6.54 Å². The first-order valence-corrected chi connectivity index (χ1v) is 6.56. The van der Waals surface area contributed by atoms with Crippen molar-refractivity contribution in [3.8, 4) is 0 Å². The number of hydrogen-bond acceptors (Lipinski definition) is 3. The average molecular weight is 244 g/mol. The maximum Gasteiger partial charge on any atom is 0.200 e. The van der Waals surface area contributed by atoms with E-state index in [1.54, 1.807) is 0 Å². The summed E-state index contributed by atoms with van der Waals surface area (Å²) in [6.45, 7) is 7.06. The predicted molar refractivity (Wildman–Crippen MR) is 72.7 cm³/mol. The Morgan fingerprint density at radius 3 is 2.61 bits per heavy atom. The third-order valence-corrected chi connectivity index (χ3v) is 3.89. The minimum atomic E-state index is -0.0513. The fraction of sp³-hybridized carbons (Fsp3) is 0.533. The van der Waals surface area contributed by atoms with Crippen molar-refractivity contribution in [3.05, 3.63) is 29.7 Å². The molecule has 1 aromatic carbocycles. The van der Waals surface area contributed by atoms with Crippen molar-refractivity contribution in [2.24, 2.45) is 5.73 Å². The molecule has 0 unspecified atom stereocenters. The van der Waals surface area contributed by atoms with E-state index in [9.17, 15) is 0 Å². The van der Waals surface area contributed by atoms with Crippen LogP contribution in [-0.2, 0) is 10.8 Å². The van der Waals surface area contributed by atoms with Gasteiger partial charge in [0, 0.05) is 17.4 Å². The van der Waals surface area contributed by atoms with E-state index in [1.165, 1.54) is 18.4 Å². The fourth-order valence-electron chi connectivity index (χ4n) is 2.34. The lowest BCUT2D eigenvalue weighted by atomic mass is 9.96. The van der Waals surface area contributed by atoms with Crippen LogP contribution in [0.5, 0.6) is 0 Å². The van der Waals surface area contributed by atoms with E-state index in [2.05, 4.69) is 37.9 Å². The first-order valence-electron chi connectivity index (χ1n) is 6.56. The number of fused-ring (bicyclic) bond motifs is 1. The van der Waals surface area contributed by atoms with Gasteiger partial charge in [-0.25, -0.2) is 4.98 Å². The maximum absolute atomic E-state index is 5.88. The third-order valence-electron chi connectivity index (χ3n) is 3.89. The minimum absolute atomic E-state index is 0.0513. The molecule has 0 amide bonds. The fourth-order valence-corrected chi connectivity index (χ4v) is 2.34. The summed E-state index contributed by atoms with van der Waals surface area (Å²) in [5.41, 5.74) is 9.18. The van der Waals surface area contributed by atoms with Crippen LogP contribution >= 0.6 is 0 Å². The van der Waals surface area contributed by atoms with Gasteiger partial charge in [0.2, 0.25) is 5.89 Å². The van der Waals surface area contributed by atoms with Crippen molar-refractivity contribution >= 4 is 11.1 Å². The molecule has 0 aliphatic heterocycles. The Kier molecular flexibility index (Phi) is 2.33. The Hall–Kier alpha value is -1.35. The summed E-state index contributed by atoms with van der Waals surface area (Å²) in [6.07, 6.45) is 2.39. The number of rotatable bonds is 2. The Morgan fingerprint density at radius 2 is 2.06 bits per heavy atom. The Balaban J connectivity index is 2.08. The van der Waals surface area contributed by atoms with Gasteiger partial charge in [-0.15, -0.1) is 0 Å². The quantitative estimate of drug-likeness (QED) is 0.883. The van der Waals surface area contributed by atoms with Crippen LogP contribution in [0.3, 0.4) is 0 Å². The predicted octanol–water partition coefficient (Wildman–Crippen LogP) is 3.12. The molecule has 3 nitrogen and oxygen atoms in total. The lowest BCUT2D eigenvalue weighted by Crippen LogP contribution is -2.19. The normalized spacial score (nSPS) is 18.2. The Labute approximate surface area is 107 Å². The van der Waals surface area contributed by atoms with Gasteiger partial charge in [-0.05, 0) is 30.5 Å². The highest BCUT2D eigenvalue weighted by Gasteiger charge is 2.43. The molecule has 18 heavy (non-hydrogen) atoms. The highest BCUT2D eigenvalue weighted by Crippen LogP contribution is 2.47. The summed E-state index contributed by atoms with van der Waals surface area (Å²) >= 11 is 0. The van der Waals surface area contributed by atoms with Crippen molar-refractivity contribution in [1.29, 1.82) is 0 Å². The van der Waals surface area contributed by atoms with Crippen LogP contribution in [-0.4, -0.2) is 11.5 Å². The van der Waals surface area contributed by atoms with Crippen molar-refractivity contribution < 1.29 is 4.42 Å². The molecule has 2 aromatic rings. The van der Waals surface area contributed by atoms with Crippen molar-refractivity contribution in [3.63, 3.8) is 0 Å². The maximum atomic E-state index is 5.88. The first-order chi connectivity index (χ1) is 8.44. The molecule has 1 aromatic heterocycles. The molecule has 0 saturated heterocycles. The summed E-state index contributed by atoms with van der Waals surface area (Å²) in [5.74, 6) is 0.798. The van der Waals surface area contributed by atoms with E-state index in [0.717, 1.165) is 23.5 Å². The second-order valence-corrected chi connectivity index (χ2v) is 6.44. The van der Waals surface area contributed by atoms with Gasteiger partial charge in [0.05, 0.1) is 0 Å². The number of hydrogen-bond donors (Lipinski definition) is 1. The minimum Gasteiger partial charge on any atom is -0.440 e. The average Bonchev–Trinajstić information content (AvgIpc) is 2.99. The number of nitrogens with two attached hydrogens (primary N) is 1. The van der Waals surface area contributed by atoms with Crippen LogP contribution in [0, 0.1) is 0 Å². The molecule has 0 radical (unpaired) electrons. The van der Waals surface area contributed by atoms with E-state index in [4.69, 9.17) is 10.2 Å². The molecule has 1 saturated carbocycles. The lowest BCUT2D eigenvalue weighted by molar-refractivity contribution is 0.411. The molecule has 3 heteroatoms. The number of aromatic nitrogens is 1. The Morgan fingerprint density at radius 1 is 1.33 bits per heavy atom. The molecule has 2 N–H and O–H groups in total. The van der Waals surface area contributed by atoms with Gasteiger partial charge in [0.25, 0.3) is 0 Å². The molecule has 0 atom stereocenters. The largest absolute Gasteiger partial charge is 0.440 e. The highest BCUT2D eigenvalue weighted by atomic mass is 16.3. The molecule has 0 spiro atoms. The molecule has 1 aliphatic rings. The van der Waals surface area contributed by atoms with E-state index < -0.39 is 0 Å². The van der Waals surface area contributed by atoms with E-state index in [-0.39, 0.29) is 10.8 Å². The zero-order valence-corrected chi connectivity index (χ0v) is 11.3. The van der Waals surface area contributed by atoms with Gasteiger partial charge in [-0.3, -0.25) is 0 Å². The van der Waals surface area contributed by atoms with Crippen LogP contribution in [0.15, 0.2) is 22.6 Å². The van der Waals surface area contributed by atoms with Gasteiger partial charge >= 0.3 is 0 Å². The highest BCUT2D eigenvalue weighted by molar-refractivity contribution is 5.74. The molecule has 1 fully saturated rings. The molecule has 3 rings (SSSR count). The molecular formula is C15H20N2O. The van der Waals surface area contributed by atoms with E-state index in [0.29, 0.717) is 0 Å². The van der Waals surface area contributed by atoms with Crippen LogP contribution in [0.4, 0.5) is 0 Å². The SMILES string of the molecule is CC(C)(C)c1nc2cc(C3(CN)CC3)ccc2o1. The first kappa shape index (κ1) is 11.7. The van der Waals surface area contributed by atoms with Crippen LogP contribution in [0.25, 0.3) is 11.1 Å². The summed E-state index contributed by atoms with van der Waals surface area (Å²) < 4.78 is 5.81. The van der Waals surface area contributed by atoms with Crippen molar-refractivity contribution in [1.82, 2.24) is 4.98 Å².